The second kappa shape index (κ2) is 4.14. The van der Waals surface area contributed by atoms with E-state index in [1.54, 1.807) is 11.3 Å². The third-order valence-electron chi connectivity index (χ3n) is 1.89. The van der Waals surface area contributed by atoms with Gasteiger partial charge in [-0.3, -0.25) is 0 Å². The molecule has 0 spiro atoms. The van der Waals surface area contributed by atoms with Gasteiger partial charge in [-0.2, -0.15) is 11.8 Å². The third-order valence-corrected chi connectivity index (χ3v) is 3.91. The lowest BCUT2D eigenvalue weighted by atomic mass is 10.3. The van der Waals surface area contributed by atoms with Crippen molar-refractivity contribution in [2.75, 3.05) is 18.1 Å². The molecule has 2 nitrogen and oxygen atoms in total. The van der Waals surface area contributed by atoms with Crippen LogP contribution in [-0.2, 0) is 0 Å². The van der Waals surface area contributed by atoms with Crippen molar-refractivity contribution in [1.82, 2.24) is 10.3 Å². The molecule has 1 aliphatic heterocycles. The molecule has 1 aromatic heterocycles. The van der Waals surface area contributed by atoms with E-state index in [9.17, 15) is 0 Å². The van der Waals surface area contributed by atoms with Gasteiger partial charge in [0, 0.05) is 23.4 Å². The molecule has 1 aliphatic rings. The quantitative estimate of drug-likeness (QED) is 0.711. The Labute approximate surface area is 86.1 Å². The lowest BCUT2D eigenvalue weighted by Gasteiger charge is -2.20. The van der Waals surface area contributed by atoms with Crippen molar-refractivity contribution >= 4 is 23.1 Å². The molecule has 1 saturated heterocycles. The summed E-state index contributed by atoms with van der Waals surface area (Å²) in [5.74, 6) is 4.86. The van der Waals surface area contributed by atoms with Gasteiger partial charge in [0.2, 0.25) is 0 Å². The zero-order chi connectivity index (χ0) is 9.10. The van der Waals surface area contributed by atoms with Crippen molar-refractivity contribution in [3.8, 4) is 12.3 Å². The predicted molar refractivity (Wildman–Crippen MR) is 58.1 cm³/mol. The molecule has 1 atom stereocenters. The van der Waals surface area contributed by atoms with Crippen LogP contribution in [0, 0.1) is 12.3 Å². The maximum Gasteiger partial charge on any atom is 0.124 e. The van der Waals surface area contributed by atoms with Gasteiger partial charge in [0.25, 0.3) is 0 Å². The molecule has 0 saturated carbocycles. The highest BCUT2D eigenvalue weighted by Gasteiger charge is 2.17. The number of hydrogen-bond donors (Lipinski definition) is 1. The molecule has 1 unspecified atom stereocenters. The minimum Gasteiger partial charge on any atom is -0.306 e. The zero-order valence-electron chi connectivity index (χ0n) is 7.12. The van der Waals surface area contributed by atoms with Crippen LogP contribution in [0.5, 0.6) is 0 Å². The molecule has 0 aromatic carbocycles. The van der Waals surface area contributed by atoms with Crippen LogP contribution in [0.3, 0.4) is 0 Å². The van der Waals surface area contributed by atoms with Crippen LogP contribution in [0.25, 0.3) is 0 Å². The molecule has 13 heavy (non-hydrogen) atoms. The van der Waals surface area contributed by atoms with Gasteiger partial charge in [0.05, 0.1) is 6.04 Å². The standard InChI is InChI=1S/C9H10N2S2/c1-2-7-5-13-9(11-7)8-6-12-4-3-10-8/h1,5,8,10H,3-4,6H2. The van der Waals surface area contributed by atoms with E-state index >= 15 is 0 Å². The highest BCUT2D eigenvalue weighted by molar-refractivity contribution is 7.99. The van der Waals surface area contributed by atoms with E-state index < -0.39 is 0 Å². The summed E-state index contributed by atoms with van der Waals surface area (Å²) in [7, 11) is 0. The van der Waals surface area contributed by atoms with Crippen molar-refractivity contribution in [2.45, 2.75) is 6.04 Å². The average molecular weight is 210 g/mol. The zero-order valence-corrected chi connectivity index (χ0v) is 8.75. The Morgan fingerprint density at radius 1 is 1.69 bits per heavy atom. The molecule has 2 rings (SSSR count). The Hall–Kier alpha value is -0.500. The Bertz CT molecular complexity index is 321. The maximum atomic E-state index is 5.26. The minimum atomic E-state index is 0.408. The molecule has 4 heteroatoms. The van der Waals surface area contributed by atoms with Crippen LogP contribution in [0.2, 0.25) is 0 Å². The van der Waals surface area contributed by atoms with Gasteiger partial charge in [-0.1, -0.05) is 0 Å². The van der Waals surface area contributed by atoms with Gasteiger partial charge in [-0.25, -0.2) is 4.98 Å². The van der Waals surface area contributed by atoms with Gasteiger partial charge in [-0.05, 0) is 5.92 Å². The summed E-state index contributed by atoms with van der Waals surface area (Å²) in [5, 5.41) is 6.50. The third kappa shape index (κ3) is 2.05. The molecule has 68 valence electrons. The second-order valence-corrected chi connectivity index (χ2v) is 4.84. The van der Waals surface area contributed by atoms with E-state index in [1.165, 1.54) is 5.75 Å². The van der Waals surface area contributed by atoms with E-state index in [0.29, 0.717) is 6.04 Å². The SMILES string of the molecule is C#Cc1csc(C2CSCCN2)n1. The topological polar surface area (TPSA) is 24.9 Å². The van der Waals surface area contributed by atoms with E-state index in [4.69, 9.17) is 6.42 Å². The monoisotopic (exact) mass is 210 g/mol. The van der Waals surface area contributed by atoms with Crippen LogP contribution in [0.15, 0.2) is 5.38 Å². The molecule has 1 N–H and O–H groups in total. The number of nitrogens with zero attached hydrogens (tertiary/aromatic N) is 1. The second-order valence-electron chi connectivity index (χ2n) is 2.80. The molecule has 2 heterocycles. The van der Waals surface area contributed by atoms with E-state index in [1.807, 2.05) is 17.1 Å². The molecular weight excluding hydrogens is 200 g/mol. The summed E-state index contributed by atoms with van der Waals surface area (Å²) in [4.78, 5) is 4.36. The fourth-order valence-electron chi connectivity index (χ4n) is 1.24. The number of thiazole rings is 1. The first-order valence-corrected chi connectivity index (χ1v) is 6.17. The summed E-state index contributed by atoms with van der Waals surface area (Å²) < 4.78 is 0. The number of nitrogens with one attached hydrogen (secondary N) is 1. The normalized spacial score (nSPS) is 22.5. The first kappa shape index (κ1) is 9.07. The van der Waals surface area contributed by atoms with E-state index in [-0.39, 0.29) is 0 Å². The van der Waals surface area contributed by atoms with Crippen LogP contribution >= 0.6 is 23.1 Å². The molecule has 0 bridgehead atoms. The van der Waals surface area contributed by atoms with E-state index in [2.05, 4.69) is 16.2 Å². The van der Waals surface area contributed by atoms with Crippen LogP contribution in [0.4, 0.5) is 0 Å². The minimum absolute atomic E-state index is 0.408. The van der Waals surface area contributed by atoms with Crippen molar-refractivity contribution < 1.29 is 0 Å². The highest BCUT2D eigenvalue weighted by atomic mass is 32.2. The molecule has 0 aliphatic carbocycles. The summed E-state index contributed by atoms with van der Waals surface area (Å²) in [5.41, 5.74) is 0.761. The smallest absolute Gasteiger partial charge is 0.124 e. The number of rotatable bonds is 1. The first-order valence-electron chi connectivity index (χ1n) is 4.13. The highest BCUT2D eigenvalue weighted by Crippen LogP contribution is 2.24. The number of hydrogen-bond acceptors (Lipinski definition) is 4. The Morgan fingerprint density at radius 3 is 3.23 bits per heavy atom. The largest absolute Gasteiger partial charge is 0.306 e. The van der Waals surface area contributed by atoms with Crippen LogP contribution < -0.4 is 5.32 Å². The maximum absolute atomic E-state index is 5.26. The number of aromatic nitrogens is 1. The molecule has 0 radical (unpaired) electrons. The molecule has 1 fully saturated rings. The van der Waals surface area contributed by atoms with Crippen LogP contribution in [-0.4, -0.2) is 23.0 Å². The van der Waals surface area contributed by atoms with Gasteiger partial charge < -0.3 is 5.32 Å². The first-order chi connectivity index (χ1) is 6.40. The van der Waals surface area contributed by atoms with Gasteiger partial charge >= 0.3 is 0 Å². The van der Waals surface area contributed by atoms with E-state index in [0.717, 1.165) is 23.0 Å². The summed E-state index contributed by atoms with van der Waals surface area (Å²) in [6.07, 6.45) is 5.26. The summed E-state index contributed by atoms with van der Waals surface area (Å²) >= 11 is 3.62. The van der Waals surface area contributed by atoms with Crippen molar-refractivity contribution in [1.29, 1.82) is 0 Å². The lowest BCUT2D eigenvalue weighted by molar-refractivity contribution is 0.591. The average Bonchev–Trinajstić information content (AvgIpc) is 2.67. The predicted octanol–water partition coefficient (Wildman–Crippen LogP) is 1.50. The van der Waals surface area contributed by atoms with Gasteiger partial charge in [0.1, 0.15) is 10.7 Å². The Morgan fingerprint density at radius 2 is 2.62 bits per heavy atom. The van der Waals surface area contributed by atoms with Gasteiger partial charge in [0.15, 0.2) is 0 Å². The lowest BCUT2D eigenvalue weighted by Crippen LogP contribution is -2.30. The molecule has 0 amide bonds. The van der Waals surface area contributed by atoms with Crippen molar-refractivity contribution in [3.63, 3.8) is 0 Å². The fraction of sp³-hybridized carbons (Fsp3) is 0.444. The van der Waals surface area contributed by atoms with Crippen molar-refractivity contribution in [2.24, 2.45) is 0 Å². The fourth-order valence-corrected chi connectivity index (χ4v) is 3.12. The molecular formula is C9H10N2S2. The van der Waals surface area contributed by atoms with Crippen molar-refractivity contribution in [3.05, 3.63) is 16.1 Å². The number of terminal acetylenes is 1. The number of thioether (sulfide) groups is 1. The summed E-state index contributed by atoms with van der Waals surface area (Å²) in [6, 6.07) is 0.408. The van der Waals surface area contributed by atoms with Gasteiger partial charge in [-0.15, -0.1) is 17.8 Å². The Balaban J connectivity index is 2.11. The van der Waals surface area contributed by atoms with Crippen LogP contribution in [0.1, 0.15) is 16.7 Å². The summed E-state index contributed by atoms with van der Waals surface area (Å²) in [6.45, 7) is 1.07. The molecule has 1 aromatic rings. The Kier molecular flexibility index (Phi) is 2.89.